The van der Waals surface area contributed by atoms with Crippen LogP contribution < -0.4 is 5.32 Å². The van der Waals surface area contributed by atoms with Crippen LogP contribution in [0.3, 0.4) is 0 Å². The lowest BCUT2D eigenvalue weighted by molar-refractivity contribution is 0.254. The molecule has 1 aliphatic rings. The summed E-state index contributed by atoms with van der Waals surface area (Å²) in [4.78, 5) is 2.47. The van der Waals surface area contributed by atoms with Crippen LogP contribution in [0.5, 0.6) is 0 Å². The van der Waals surface area contributed by atoms with Crippen molar-refractivity contribution >= 4 is 16.5 Å². The summed E-state index contributed by atoms with van der Waals surface area (Å²) in [5.74, 6) is 0. The van der Waals surface area contributed by atoms with Gasteiger partial charge in [-0.15, -0.1) is 10.2 Å². The predicted octanol–water partition coefficient (Wildman–Crippen LogP) is 2.13. The number of nitrogens with one attached hydrogen (secondary N) is 1. The minimum Gasteiger partial charge on any atom is -0.359 e. The molecule has 0 radical (unpaired) electrons. The predicted molar refractivity (Wildman–Crippen MR) is 68.0 cm³/mol. The summed E-state index contributed by atoms with van der Waals surface area (Å²) in [6.07, 6.45) is 5.54. The molecule has 1 fully saturated rings. The molecule has 1 saturated carbocycles. The number of anilines is 1. The molecule has 4 nitrogen and oxygen atoms in total. The zero-order valence-electron chi connectivity index (χ0n) is 10.1. The van der Waals surface area contributed by atoms with Crippen LogP contribution in [0.25, 0.3) is 0 Å². The molecule has 1 N–H and O–H groups in total. The van der Waals surface area contributed by atoms with E-state index in [2.05, 4.69) is 27.5 Å². The highest BCUT2D eigenvalue weighted by Crippen LogP contribution is 2.22. The zero-order valence-corrected chi connectivity index (χ0v) is 10.9. The Kier molecular flexibility index (Phi) is 4.12. The number of aryl methyl sites for hydroxylation is 1. The molecule has 1 heterocycles. The van der Waals surface area contributed by atoms with Gasteiger partial charge in [-0.05, 0) is 26.8 Å². The summed E-state index contributed by atoms with van der Waals surface area (Å²) in [6.45, 7) is 4.03. The van der Waals surface area contributed by atoms with E-state index in [0.717, 1.165) is 29.3 Å². The molecule has 1 aliphatic carbocycles. The van der Waals surface area contributed by atoms with Crippen LogP contribution in [0, 0.1) is 6.92 Å². The summed E-state index contributed by atoms with van der Waals surface area (Å²) in [5.41, 5.74) is 0. The second kappa shape index (κ2) is 5.59. The molecule has 16 heavy (non-hydrogen) atoms. The molecule has 0 spiro atoms. The van der Waals surface area contributed by atoms with Crippen molar-refractivity contribution < 1.29 is 0 Å². The summed E-state index contributed by atoms with van der Waals surface area (Å²) >= 11 is 1.62. The fraction of sp³-hybridized carbons (Fsp3) is 0.818. The Morgan fingerprint density at radius 3 is 2.75 bits per heavy atom. The van der Waals surface area contributed by atoms with E-state index in [4.69, 9.17) is 0 Å². The van der Waals surface area contributed by atoms with E-state index in [9.17, 15) is 0 Å². The monoisotopic (exact) mass is 240 g/mol. The van der Waals surface area contributed by atoms with Crippen molar-refractivity contribution in [2.75, 3.05) is 25.5 Å². The summed E-state index contributed by atoms with van der Waals surface area (Å²) in [6, 6.07) is 0.804. The maximum atomic E-state index is 4.05. The summed E-state index contributed by atoms with van der Waals surface area (Å²) in [7, 11) is 2.23. The molecule has 0 atom stereocenters. The number of rotatable bonds is 5. The zero-order chi connectivity index (χ0) is 11.4. The quantitative estimate of drug-likeness (QED) is 0.856. The van der Waals surface area contributed by atoms with Crippen molar-refractivity contribution in [3.05, 3.63) is 5.01 Å². The number of hydrogen-bond donors (Lipinski definition) is 1. The van der Waals surface area contributed by atoms with E-state index >= 15 is 0 Å². The van der Waals surface area contributed by atoms with E-state index < -0.39 is 0 Å². The molecule has 2 rings (SSSR count). The van der Waals surface area contributed by atoms with Crippen LogP contribution in [0.15, 0.2) is 0 Å². The molecule has 0 amide bonds. The Morgan fingerprint density at radius 1 is 1.38 bits per heavy atom. The Balaban J connectivity index is 1.67. The van der Waals surface area contributed by atoms with Crippen LogP contribution in [0.1, 0.15) is 30.7 Å². The van der Waals surface area contributed by atoms with Crippen LogP contribution in [0.2, 0.25) is 0 Å². The largest absolute Gasteiger partial charge is 0.359 e. The second-order valence-electron chi connectivity index (χ2n) is 4.47. The first-order valence-corrected chi connectivity index (χ1v) is 6.81. The van der Waals surface area contributed by atoms with Gasteiger partial charge in [0.25, 0.3) is 0 Å². The normalized spacial score (nSPS) is 17.2. The molecular weight excluding hydrogens is 220 g/mol. The summed E-state index contributed by atoms with van der Waals surface area (Å²) < 4.78 is 0. The van der Waals surface area contributed by atoms with Gasteiger partial charge in [-0.1, -0.05) is 24.2 Å². The highest BCUT2D eigenvalue weighted by atomic mass is 32.1. The smallest absolute Gasteiger partial charge is 0.205 e. The number of hydrogen-bond acceptors (Lipinski definition) is 5. The van der Waals surface area contributed by atoms with Crippen LogP contribution in [-0.4, -0.2) is 41.3 Å². The number of nitrogens with zero attached hydrogens (tertiary/aromatic N) is 3. The van der Waals surface area contributed by atoms with Gasteiger partial charge in [-0.2, -0.15) is 0 Å². The third kappa shape index (κ3) is 3.15. The van der Waals surface area contributed by atoms with Crippen LogP contribution >= 0.6 is 11.3 Å². The van der Waals surface area contributed by atoms with Crippen molar-refractivity contribution in [2.45, 2.75) is 38.6 Å². The van der Waals surface area contributed by atoms with E-state index in [1.165, 1.54) is 25.7 Å². The van der Waals surface area contributed by atoms with Gasteiger partial charge in [-0.25, -0.2) is 0 Å². The molecule has 0 aliphatic heterocycles. The summed E-state index contributed by atoms with van der Waals surface area (Å²) in [5, 5.41) is 13.3. The lowest BCUT2D eigenvalue weighted by Crippen LogP contribution is -2.33. The lowest BCUT2D eigenvalue weighted by atomic mass is 10.2. The first-order valence-electron chi connectivity index (χ1n) is 6.00. The van der Waals surface area contributed by atoms with Gasteiger partial charge in [0.1, 0.15) is 5.01 Å². The van der Waals surface area contributed by atoms with Gasteiger partial charge < -0.3 is 10.2 Å². The highest BCUT2D eigenvalue weighted by molar-refractivity contribution is 7.15. The average Bonchev–Trinajstić information content (AvgIpc) is 2.89. The number of aromatic nitrogens is 2. The third-order valence-electron chi connectivity index (χ3n) is 3.21. The second-order valence-corrected chi connectivity index (χ2v) is 5.65. The van der Waals surface area contributed by atoms with Crippen LogP contribution in [0.4, 0.5) is 5.13 Å². The van der Waals surface area contributed by atoms with Crippen molar-refractivity contribution in [1.29, 1.82) is 0 Å². The fourth-order valence-corrected chi connectivity index (χ4v) is 2.85. The minimum absolute atomic E-state index is 0.804. The Morgan fingerprint density at radius 2 is 2.12 bits per heavy atom. The maximum Gasteiger partial charge on any atom is 0.205 e. The Bertz CT molecular complexity index is 320. The van der Waals surface area contributed by atoms with E-state index in [1.807, 2.05) is 6.92 Å². The van der Waals surface area contributed by atoms with Crippen molar-refractivity contribution in [2.24, 2.45) is 0 Å². The van der Waals surface area contributed by atoms with Gasteiger partial charge >= 0.3 is 0 Å². The fourth-order valence-electron chi connectivity index (χ4n) is 2.23. The minimum atomic E-state index is 0.804. The molecular formula is C11H20N4S. The average molecular weight is 240 g/mol. The molecule has 0 aromatic carbocycles. The Hall–Kier alpha value is -0.680. The highest BCUT2D eigenvalue weighted by Gasteiger charge is 2.18. The van der Waals surface area contributed by atoms with Crippen molar-refractivity contribution in [3.63, 3.8) is 0 Å². The molecule has 0 unspecified atom stereocenters. The lowest BCUT2D eigenvalue weighted by Gasteiger charge is -2.23. The Labute approximate surface area is 101 Å². The van der Waals surface area contributed by atoms with E-state index in [0.29, 0.717) is 0 Å². The first kappa shape index (κ1) is 11.8. The van der Waals surface area contributed by atoms with Crippen LogP contribution in [-0.2, 0) is 0 Å². The van der Waals surface area contributed by atoms with E-state index in [-0.39, 0.29) is 0 Å². The SMILES string of the molecule is Cc1nnc(NCCN(C)C2CCCC2)s1. The molecule has 5 heteroatoms. The maximum absolute atomic E-state index is 4.05. The van der Waals surface area contributed by atoms with Crippen molar-refractivity contribution in [1.82, 2.24) is 15.1 Å². The van der Waals surface area contributed by atoms with Gasteiger partial charge in [-0.3, -0.25) is 0 Å². The van der Waals surface area contributed by atoms with Gasteiger partial charge in [0, 0.05) is 19.1 Å². The first-order chi connectivity index (χ1) is 7.75. The van der Waals surface area contributed by atoms with Gasteiger partial charge in [0.15, 0.2) is 0 Å². The number of likely N-dealkylation sites (N-methyl/N-ethyl adjacent to an activating group) is 1. The molecule has 1 aromatic rings. The van der Waals surface area contributed by atoms with Crippen molar-refractivity contribution in [3.8, 4) is 0 Å². The molecule has 90 valence electrons. The molecule has 0 saturated heterocycles. The third-order valence-corrected chi connectivity index (χ3v) is 4.01. The molecule has 1 aromatic heterocycles. The molecule has 0 bridgehead atoms. The standard InChI is InChI=1S/C11H20N4S/c1-9-13-14-11(16-9)12-7-8-15(2)10-5-3-4-6-10/h10H,3-8H2,1-2H3,(H,12,14). The van der Waals surface area contributed by atoms with Gasteiger partial charge in [0.2, 0.25) is 5.13 Å². The van der Waals surface area contributed by atoms with Gasteiger partial charge in [0.05, 0.1) is 0 Å². The topological polar surface area (TPSA) is 41.1 Å². The van der Waals surface area contributed by atoms with E-state index in [1.54, 1.807) is 11.3 Å².